The third kappa shape index (κ3) is 4.49. The number of H-pyrrole nitrogens is 1. The zero-order valence-corrected chi connectivity index (χ0v) is 20.2. The van der Waals surface area contributed by atoms with E-state index >= 15 is 0 Å². The van der Waals surface area contributed by atoms with Gasteiger partial charge < -0.3 is 19.8 Å². The number of aromatic nitrogens is 2. The summed E-state index contributed by atoms with van der Waals surface area (Å²) in [6.45, 7) is 4.18. The summed E-state index contributed by atoms with van der Waals surface area (Å²) in [7, 11) is 3.12. The van der Waals surface area contributed by atoms with Gasteiger partial charge in [0.1, 0.15) is 16.3 Å². The molecular formula is C23H27N3O4S2. The standard InChI is InChI=1S/C23H27N3O4S2/c1-5-17(20(27)24-15-11-13(29-3)7-9-16(15)30-4)32-23-25-21(28)19-14-8-6-12(2)10-18(14)31-22(19)26-23/h7,9,11-12,17H,5-6,8,10H2,1-4H3,(H,24,27)(H,25,26,28). The zero-order chi connectivity index (χ0) is 22.8. The van der Waals surface area contributed by atoms with Crippen LogP contribution in [0.5, 0.6) is 11.5 Å². The number of carbonyl (C=O) groups excluding carboxylic acids is 1. The second-order valence-corrected chi connectivity index (χ2v) is 10.2. The molecule has 1 amide bonds. The number of fused-ring (bicyclic) bond motifs is 3. The van der Waals surface area contributed by atoms with Crippen LogP contribution in [0.15, 0.2) is 28.2 Å². The van der Waals surface area contributed by atoms with Crippen LogP contribution in [0.2, 0.25) is 0 Å². The highest BCUT2D eigenvalue weighted by Crippen LogP contribution is 2.37. The van der Waals surface area contributed by atoms with Gasteiger partial charge in [0.25, 0.3) is 5.56 Å². The fraction of sp³-hybridized carbons (Fsp3) is 0.435. The topological polar surface area (TPSA) is 93.3 Å². The Labute approximate surface area is 194 Å². The monoisotopic (exact) mass is 473 g/mol. The molecule has 0 spiro atoms. The maximum atomic E-state index is 13.0. The summed E-state index contributed by atoms with van der Waals surface area (Å²) >= 11 is 2.88. The van der Waals surface area contributed by atoms with Crippen LogP contribution < -0.4 is 20.3 Å². The Kier molecular flexibility index (Phi) is 6.76. The Bertz CT molecular complexity index is 1200. The highest BCUT2D eigenvalue weighted by molar-refractivity contribution is 8.00. The van der Waals surface area contributed by atoms with Crippen molar-refractivity contribution in [2.75, 3.05) is 19.5 Å². The Morgan fingerprint density at radius 3 is 2.91 bits per heavy atom. The van der Waals surface area contributed by atoms with Gasteiger partial charge in [0.15, 0.2) is 5.16 Å². The Morgan fingerprint density at radius 1 is 1.38 bits per heavy atom. The maximum Gasteiger partial charge on any atom is 0.260 e. The summed E-state index contributed by atoms with van der Waals surface area (Å²) in [6, 6.07) is 5.23. The van der Waals surface area contributed by atoms with Gasteiger partial charge in [0.05, 0.1) is 30.5 Å². The number of rotatable bonds is 7. The summed E-state index contributed by atoms with van der Waals surface area (Å²) in [6.07, 6.45) is 3.60. The van der Waals surface area contributed by atoms with Crippen molar-refractivity contribution in [1.82, 2.24) is 9.97 Å². The van der Waals surface area contributed by atoms with Gasteiger partial charge in [0.2, 0.25) is 5.91 Å². The minimum atomic E-state index is -0.430. The second kappa shape index (κ2) is 9.54. The third-order valence-electron chi connectivity index (χ3n) is 5.73. The Balaban J connectivity index is 1.57. The fourth-order valence-corrected chi connectivity index (χ4v) is 6.31. The molecule has 0 aliphatic heterocycles. The molecule has 0 radical (unpaired) electrons. The number of ether oxygens (including phenoxy) is 2. The van der Waals surface area contributed by atoms with Crippen LogP contribution in [0.1, 0.15) is 37.1 Å². The number of methoxy groups -OCH3 is 2. The number of aryl methyl sites for hydroxylation is 1. The van der Waals surface area contributed by atoms with Crippen LogP contribution in [-0.2, 0) is 17.6 Å². The number of aromatic amines is 1. The van der Waals surface area contributed by atoms with Crippen molar-refractivity contribution in [3.8, 4) is 11.5 Å². The SMILES string of the molecule is CCC(Sc1nc2sc3c(c2c(=O)[nH]1)CCC(C)C3)C(=O)Nc1cc(OC)ccc1OC. The first-order valence-corrected chi connectivity index (χ1v) is 12.4. The highest BCUT2D eigenvalue weighted by atomic mass is 32.2. The predicted molar refractivity (Wildman–Crippen MR) is 130 cm³/mol. The molecule has 32 heavy (non-hydrogen) atoms. The quantitative estimate of drug-likeness (QED) is 0.384. The third-order valence-corrected chi connectivity index (χ3v) is 8.12. The first kappa shape index (κ1) is 22.7. The van der Waals surface area contributed by atoms with E-state index < -0.39 is 5.25 Å². The van der Waals surface area contributed by atoms with E-state index in [0.717, 1.165) is 35.0 Å². The minimum Gasteiger partial charge on any atom is -0.497 e. The largest absolute Gasteiger partial charge is 0.497 e. The van der Waals surface area contributed by atoms with Gasteiger partial charge in [-0.05, 0) is 49.3 Å². The van der Waals surface area contributed by atoms with E-state index in [2.05, 4.69) is 17.2 Å². The lowest BCUT2D eigenvalue weighted by Crippen LogP contribution is -2.25. The molecule has 3 aromatic rings. The van der Waals surface area contributed by atoms with Crippen molar-refractivity contribution < 1.29 is 14.3 Å². The van der Waals surface area contributed by atoms with E-state index in [4.69, 9.17) is 14.5 Å². The number of nitrogens with one attached hydrogen (secondary N) is 2. The van der Waals surface area contributed by atoms with E-state index in [1.807, 2.05) is 6.92 Å². The van der Waals surface area contributed by atoms with Gasteiger partial charge in [0, 0.05) is 10.9 Å². The van der Waals surface area contributed by atoms with Gasteiger partial charge >= 0.3 is 0 Å². The Hall–Kier alpha value is -2.52. The van der Waals surface area contributed by atoms with Gasteiger partial charge in [-0.1, -0.05) is 25.6 Å². The predicted octanol–water partition coefficient (Wildman–Crippen LogP) is 4.64. The molecule has 1 aliphatic carbocycles. The zero-order valence-electron chi connectivity index (χ0n) is 18.6. The first-order valence-electron chi connectivity index (χ1n) is 10.7. The molecule has 1 aromatic carbocycles. The average molecular weight is 474 g/mol. The molecule has 2 heterocycles. The molecule has 9 heteroatoms. The summed E-state index contributed by atoms with van der Waals surface area (Å²) in [5.74, 6) is 1.61. The van der Waals surface area contributed by atoms with Crippen molar-refractivity contribution in [2.45, 2.75) is 49.9 Å². The second-order valence-electron chi connectivity index (χ2n) is 7.97. The van der Waals surface area contributed by atoms with Crippen LogP contribution in [0.25, 0.3) is 10.2 Å². The van der Waals surface area contributed by atoms with Crippen molar-refractivity contribution in [3.63, 3.8) is 0 Å². The average Bonchev–Trinajstić information content (AvgIpc) is 3.14. The molecule has 2 unspecified atom stereocenters. The molecule has 170 valence electrons. The molecule has 4 rings (SSSR count). The number of amides is 1. The summed E-state index contributed by atoms with van der Waals surface area (Å²) in [4.78, 5) is 35.5. The van der Waals surface area contributed by atoms with Crippen LogP contribution >= 0.6 is 23.1 Å². The number of hydrogen-bond acceptors (Lipinski definition) is 7. The van der Waals surface area contributed by atoms with E-state index in [-0.39, 0.29) is 11.5 Å². The van der Waals surface area contributed by atoms with Gasteiger partial charge in [-0.3, -0.25) is 9.59 Å². The lowest BCUT2D eigenvalue weighted by molar-refractivity contribution is -0.115. The number of thioether (sulfide) groups is 1. The summed E-state index contributed by atoms with van der Waals surface area (Å²) in [5, 5.41) is 3.68. The van der Waals surface area contributed by atoms with Crippen LogP contribution in [-0.4, -0.2) is 35.3 Å². The normalized spacial score (nSPS) is 16.4. The molecule has 2 atom stereocenters. The minimum absolute atomic E-state index is 0.116. The van der Waals surface area contributed by atoms with Crippen LogP contribution in [0.4, 0.5) is 5.69 Å². The molecule has 0 bridgehead atoms. The van der Waals surface area contributed by atoms with Crippen LogP contribution in [0.3, 0.4) is 0 Å². The number of nitrogens with zero attached hydrogens (tertiary/aromatic N) is 1. The molecule has 1 aliphatic rings. The number of thiophene rings is 1. The lowest BCUT2D eigenvalue weighted by Gasteiger charge is -2.17. The number of anilines is 1. The molecular weight excluding hydrogens is 446 g/mol. The lowest BCUT2D eigenvalue weighted by atomic mass is 9.89. The molecule has 0 fully saturated rings. The van der Waals surface area contributed by atoms with Crippen molar-refractivity contribution in [2.24, 2.45) is 5.92 Å². The maximum absolute atomic E-state index is 13.0. The van der Waals surface area contributed by atoms with Gasteiger partial charge in [-0.25, -0.2) is 4.98 Å². The van der Waals surface area contributed by atoms with Gasteiger partial charge in [-0.2, -0.15) is 0 Å². The van der Waals surface area contributed by atoms with Crippen LogP contribution in [0, 0.1) is 5.92 Å². The molecule has 0 saturated heterocycles. The van der Waals surface area contributed by atoms with Crippen molar-refractivity contribution >= 4 is 44.9 Å². The first-order chi connectivity index (χ1) is 15.4. The number of carbonyl (C=O) groups is 1. The van der Waals surface area contributed by atoms with Crippen molar-refractivity contribution in [1.29, 1.82) is 0 Å². The van der Waals surface area contributed by atoms with Gasteiger partial charge in [-0.15, -0.1) is 11.3 Å². The molecule has 7 nitrogen and oxygen atoms in total. The van der Waals surface area contributed by atoms with Crippen molar-refractivity contribution in [3.05, 3.63) is 39.0 Å². The molecule has 2 N–H and O–H groups in total. The summed E-state index contributed by atoms with van der Waals surface area (Å²) < 4.78 is 10.6. The highest BCUT2D eigenvalue weighted by Gasteiger charge is 2.25. The van der Waals surface area contributed by atoms with E-state index in [9.17, 15) is 9.59 Å². The van der Waals surface area contributed by atoms with E-state index in [1.54, 1.807) is 43.8 Å². The summed E-state index contributed by atoms with van der Waals surface area (Å²) in [5.41, 5.74) is 1.57. The Morgan fingerprint density at radius 2 is 2.19 bits per heavy atom. The number of hydrogen-bond donors (Lipinski definition) is 2. The number of benzene rings is 1. The smallest absolute Gasteiger partial charge is 0.260 e. The molecule has 2 aromatic heterocycles. The molecule has 0 saturated carbocycles. The van der Waals surface area contributed by atoms with E-state index in [1.165, 1.54) is 16.6 Å². The van der Waals surface area contributed by atoms with E-state index in [0.29, 0.717) is 34.7 Å². The fourth-order valence-electron chi connectivity index (χ4n) is 3.97.